The SMILES string of the molecule is Cc1noc(CCNc2cc(C#N)ccn2)n1. The summed E-state index contributed by atoms with van der Waals surface area (Å²) >= 11 is 0. The van der Waals surface area contributed by atoms with Crippen molar-refractivity contribution >= 4 is 5.82 Å². The number of rotatable bonds is 4. The Balaban J connectivity index is 1.88. The Labute approximate surface area is 98.3 Å². The standard InChI is InChI=1S/C11H11N5O/c1-8-15-11(17-16-8)3-5-14-10-6-9(7-12)2-4-13-10/h2,4,6H,3,5H2,1H3,(H,13,14). The Morgan fingerprint density at radius 3 is 3.12 bits per heavy atom. The highest BCUT2D eigenvalue weighted by molar-refractivity contribution is 5.42. The molecule has 0 aromatic carbocycles. The van der Waals surface area contributed by atoms with Gasteiger partial charge in [0.25, 0.3) is 0 Å². The molecule has 2 aromatic rings. The number of hydrogen-bond donors (Lipinski definition) is 1. The molecule has 0 atom stereocenters. The Morgan fingerprint density at radius 2 is 2.41 bits per heavy atom. The average molecular weight is 229 g/mol. The summed E-state index contributed by atoms with van der Waals surface area (Å²) in [6.45, 7) is 2.40. The van der Waals surface area contributed by atoms with E-state index in [1.54, 1.807) is 25.3 Å². The third kappa shape index (κ3) is 3.01. The highest BCUT2D eigenvalue weighted by Gasteiger charge is 2.02. The summed E-state index contributed by atoms with van der Waals surface area (Å²) < 4.78 is 4.97. The van der Waals surface area contributed by atoms with Gasteiger partial charge in [-0.1, -0.05) is 5.16 Å². The van der Waals surface area contributed by atoms with Crippen LogP contribution in [0.3, 0.4) is 0 Å². The lowest BCUT2D eigenvalue weighted by Gasteiger charge is -2.02. The largest absolute Gasteiger partial charge is 0.370 e. The molecule has 0 aliphatic rings. The first kappa shape index (κ1) is 11.1. The second-order valence-electron chi connectivity index (χ2n) is 3.45. The second kappa shape index (κ2) is 5.07. The monoisotopic (exact) mass is 229 g/mol. The molecular weight excluding hydrogens is 218 g/mol. The summed E-state index contributed by atoms with van der Waals surface area (Å²) in [7, 11) is 0. The minimum absolute atomic E-state index is 0.580. The molecule has 86 valence electrons. The fourth-order valence-electron chi connectivity index (χ4n) is 1.34. The third-order valence-corrected chi connectivity index (χ3v) is 2.10. The number of nitrogens with one attached hydrogen (secondary N) is 1. The maximum absolute atomic E-state index is 8.73. The van der Waals surface area contributed by atoms with Crippen molar-refractivity contribution in [3.8, 4) is 6.07 Å². The molecule has 2 rings (SSSR count). The highest BCUT2D eigenvalue weighted by Crippen LogP contribution is 2.05. The minimum Gasteiger partial charge on any atom is -0.370 e. The van der Waals surface area contributed by atoms with Gasteiger partial charge in [-0.15, -0.1) is 0 Å². The van der Waals surface area contributed by atoms with Gasteiger partial charge in [0.1, 0.15) is 5.82 Å². The predicted octanol–water partition coefficient (Wildman–Crippen LogP) is 1.30. The molecule has 0 radical (unpaired) electrons. The summed E-state index contributed by atoms with van der Waals surface area (Å²) in [5, 5.41) is 15.5. The van der Waals surface area contributed by atoms with Crippen molar-refractivity contribution in [2.24, 2.45) is 0 Å². The minimum atomic E-state index is 0.580. The van der Waals surface area contributed by atoms with E-state index in [1.165, 1.54) is 0 Å². The van der Waals surface area contributed by atoms with Crippen LogP contribution < -0.4 is 5.32 Å². The van der Waals surface area contributed by atoms with Crippen molar-refractivity contribution in [1.82, 2.24) is 15.1 Å². The molecule has 0 bridgehead atoms. The van der Waals surface area contributed by atoms with Gasteiger partial charge in [0, 0.05) is 19.2 Å². The van der Waals surface area contributed by atoms with Crippen molar-refractivity contribution in [1.29, 1.82) is 5.26 Å². The van der Waals surface area contributed by atoms with Gasteiger partial charge in [0.2, 0.25) is 5.89 Å². The topological polar surface area (TPSA) is 87.6 Å². The maximum atomic E-state index is 8.73. The van der Waals surface area contributed by atoms with E-state index in [1.807, 2.05) is 0 Å². The van der Waals surface area contributed by atoms with Crippen LogP contribution in [0.5, 0.6) is 0 Å². The van der Waals surface area contributed by atoms with Gasteiger partial charge >= 0.3 is 0 Å². The van der Waals surface area contributed by atoms with Crippen molar-refractivity contribution in [2.45, 2.75) is 13.3 Å². The first-order valence-electron chi connectivity index (χ1n) is 5.17. The predicted molar refractivity (Wildman–Crippen MR) is 60.2 cm³/mol. The van der Waals surface area contributed by atoms with Gasteiger partial charge in [-0.3, -0.25) is 0 Å². The number of nitrogens with zero attached hydrogens (tertiary/aromatic N) is 4. The molecule has 0 saturated carbocycles. The van der Waals surface area contributed by atoms with Crippen molar-refractivity contribution in [3.05, 3.63) is 35.6 Å². The van der Waals surface area contributed by atoms with Crippen LogP contribution in [0.15, 0.2) is 22.9 Å². The summed E-state index contributed by atoms with van der Waals surface area (Å²) in [4.78, 5) is 8.18. The molecule has 6 nitrogen and oxygen atoms in total. The molecule has 0 fully saturated rings. The zero-order valence-corrected chi connectivity index (χ0v) is 9.34. The van der Waals surface area contributed by atoms with E-state index >= 15 is 0 Å². The summed E-state index contributed by atoms with van der Waals surface area (Å²) in [6.07, 6.45) is 2.22. The second-order valence-corrected chi connectivity index (χ2v) is 3.45. The van der Waals surface area contributed by atoms with Gasteiger partial charge in [-0.05, 0) is 19.1 Å². The van der Waals surface area contributed by atoms with Crippen LogP contribution in [0.2, 0.25) is 0 Å². The summed E-state index contributed by atoms with van der Waals surface area (Å²) in [6, 6.07) is 5.41. The molecule has 17 heavy (non-hydrogen) atoms. The number of anilines is 1. The van der Waals surface area contributed by atoms with E-state index < -0.39 is 0 Å². The number of aryl methyl sites for hydroxylation is 1. The lowest BCUT2D eigenvalue weighted by molar-refractivity contribution is 0.377. The van der Waals surface area contributed by atoms with Crippen LogP contribution in [0, 0.1) is 18.3 Å². The first-order chi connectivity index (χ1) is 8.28. The summed E-state index contributed by atoms with van der Waals surface area (Å²) in [5.41, 5.74) is 0.580. The van der Waals surface area contributed by atoms with E-state index in [2.05, 4.69) is 26.5 Å². The van der Waals surface area contributed by atoms with E-state index in [-0.39, 0.29) is 0 Å². The zero-order chi connectivity index (χ0) is 12.1. The van der Waals surface area contributed by atoms with Gasteiger partial charge < -0.3 is 9.84 Å². The Morgan fingerprint density at radius 1 is 1.53 bits per heavy atom. The molecule has 2 heterocycles. The van der Waals surface area contributed by atoms with Crippen LogP contribution in [-0.4, -0.2) is 21.7 Å². The molecule has 1 N–H and O–H groups in total. The van der Waals surface area contributed by atoms with Gasteiger partial charge in [-0.2, -0.15) is 10.2 Å². The maximum Gasteiger partial charge on any atom is 0.228 e. The van der Waals surface area contributed by atoms with Crippen LogP contribution in [0.1, 0.15) is 17.3 Å². The lowest BCUT2D eigenvalue weighted by Crippen LogP contribution is -2.06. The quantitative estimate of drug-likeness (QED) is 0.850. The highest BCUT2D eigenvalue weighted by atomic mass is 16.5. The van der Waals surface area contributed by atoms with Gasteiger partial charge in [-0.25, -0.2) is 4.98 Å². The first-order valence-corrected chi connectivity index (χ1v) is 5.17. The van der Waals surface area contributed by atoms with E-state index in [0.717, 1.165) is 0 Å². The molecule has 6 heteroatoms. The third-order valence-electron chi connectivity index (χ3n) is 2.10. The molecule has 0 aliphatic carbocycles. The molecule has 0 saturated heterocycles. The normalized spacial score (nSPS) is 9.88. The van der Waals surface area contributed by atoms with Crippen LogP contribution in [0.25, 0.3) is 0 Å². The zero-order valence-electron chi connectivity index (χ0n) is 9.34. The smallest absolute Gasteiger partial charge is 0.228 e. The Bertz CT molecular complexity index is 543. The fourth-order valence-corrected chi connectivity index (χ4v) is 1.34. The van der Waals surface area contributed by atoms with E-state index in [0.29, 0.717) is 36.1 Å². The van der Waals surface area contributed by atoms with E-state index in [9.17, 15) is 0 Å². The van der Waals surface area contributed by atoms with Crippen molar-refractivity contribution in [2.75, 3.05) is 11.9 Å². The summed E-state index contributed by atoms with van der Waals surface area (Å²) in [5.74, 6) is 1.89. The van der Waals surface area contributed by atoms with Crippen LogP contribution in [-0.2, 0) is 6.42 Å². The van der Waals surface area contributed by atoms with Crippen LogP contribution in [0.4, 0.5) is 5.82 Å². The number of aromatic nitrogens is 3. The lowest BCUT2D eigenvalue weighted by atomic mass is 10.3. The molecule has 0 aliphatic heterocycles. The number of nitriles is 1. The number of hydrogen-bond acceptors (Lipinski definition) is 6. The number of pyridine rings is 1. The molecule has 0 unspecified atom stereocenters. The van der Waals surface area contributed by atoms with Crippen LogP contribution >= 0.6 is 0 Å². The molecule has 0 spiro atoms. The van der Waals surface area contributed by atoms with Gasteiger partial charge in [0.15, 0.2) is 5.82 Å². The molecule has 2 aromatic heterocycles. The van der Waals surface area contributed by atoms with Gasteiger partial charge in [0.05, 0.1) is 11.6 Å². The Hall–Kier alpha value is -2.42. The average Bonchev–Trinajstić information content (AvgIpc) is 2.75. The van der Waals surface area contributed by atoms with E-state index in [4.69, 9.17) is 9.78 Å². The van der Waals surface area contributed by atoms with Crippen molar-refractivity contribution < 1.29 is 4.52 Å². The molecular formula is C11H11N5O. The Kier molecular flexibility index (Phi) is 3.31. The van der Waals surface area contributed by atoms with Crippen molar-refractivity contribution in [3.63, 3.8) is 0 Å². The fraction of sp³-hybridized carbons (Fsp3) is 0.273. The molecule has 0 amide bonds.